The van der Waals surface area contributed by atoms with Crippen LogP contribution in [0.1, 0.15) is 57.2 Å². The normalized spacial score (nSPS) is 22.2. The molecule has 2 aliphatic heterocycles. The standard InChI is InChI=1S/C18H27NO/c1-5-19-11-9-18(10-12-19)16-14(13-20-18)7-6-8-15(16)17(2,3)4/h6-8H,5,9-13H2,1-4H3. The number of fused-ring (bicyclic) bond motifs is 2. The fourth-order valence-corrected chi connectivity index (χ4v) is 3.80. The van der Waals surface area contributed by atoms with Gasteiger partial charge in [0.15, 0.2) is 0 Å². The molecule has 1 saturated heterocycles. The smallest absolute Gasteiger partial charge is 0.0966 e. The molecule has 20 heavy (non-hydrogen) atoms. The van der Waals surface area contributed by atoms with E-state index in [1.54, 1.807) is 0 Å². The molecule has 2 aliphatic rings. The molecule has 0 unspecified atom stereocenters. The van der Waals surface area contributed by atoms with Crippen molar-refractivity contribution in [2.24, 2.45) is 0 Å². The predicted molar refractivity (Wildman–Crippen MR) is 83.0 cm³/mol. The van der Waals surface area contributed by atoms with Gasteiger partial charge in [-0.05, 0) is 41.5 Å². The third-order valence-corrected chi connectivity index (χ3v) is 5.03. The van der Waals surface area contributed by atoms with Gasteiger partial charge in [-0.25, -0.2) is 0 Å². The maximum Gasteiger partial charge on any atom is 0.0966 e. The van der Waals surface area contributed by atoms with Crippen LogP contribution < -0.4 is 0 Å². The van der Waals surface area contributed by atoms with E-state index in [4.69, 9.17) is 4.74 Å². The number of hydrogen-bond donors (Lipinski definition) is 0. The number of ether oxygens (including phenoxy) is 1. The van der Waals surface area contributed by atoms with Gasteiger partial charge >= 0.3 is 0 Å². The molecule has 2 heteroatoms. The second kappa shape index (κ2) is 4.85. The zero-order chi connectivity index (χ0) is 14.4. The van der Waals surface area contributed by atoms with Gasteiger partial charge in [-0.1, -0.05) is 45.9 Å². The number of hydrogen-bond acceptors (Lipinski definition) is 2. The molecule has 0 N–H and O–H groups in total. The molecule has 0 saturated carbocycles. The highest BCUT2D eigenvalue weighted by Gasteiger charge is 2.44. The Morgan fingerprint density at radius 1 is 1.20 bits per heavy atom. The van der Waals surface area contributed by atoms with E-state index in [2.05, 4.69) is 50.8 Å². The first kappa shape index (κ1) is 14.1. The lowest BCUT2D eigenvalue weighted by Crippen LogP contribution is -2.43. The SMILES string of the molecule is CCN1CCC2(CC1)OCc1cccc(C(C)(C)C)c12. The quantitative estimate of drug-likeness (QED) is 0.771. The Hall–Kier alpha value is -0.860. The van der Waals surface area contributed by atoms with Gasteiger partial charge < -0.3 is 9.64 Å². The highest BCUT2D eigenvalue weighted by atomic mass is 16.5. The summed E-state index contributed by atoms with van der Waals surface area (Å²) in [7, 11) is 0. The van der Waals surface area contributed by atoms with E-state index in [-0.39, 0.29) is 11.0 Å². The zero-order valence-electron chi connectivity index (χ0n) is 13.3. The van der Waals surface area contributed by atoms with Crippen molar-refractivity contribution in [2.75, 3.05) is 19.6 Å². The van der Waals surface area contributed by atoms with Gasteiger partial charge in [0.1, 0.15) is 0 Å². The number of likely N-dealkylation sites (tertiary alicyclic amines) is 1. The second-order valence-corrected chi connectivity index (χ2v) is 7.31. The summed E-state index contributed by atoms with van der Waals surface area (Å²) in [6, 6.07) is 6.76. The molecule has 110 valence electrons. The molecular formula is C18H27NO. The van der Waals surface area contributed by atoms with Gasteiger partial charge in [-0.3, -0.25) is 0 Å². The Morgan fingerprint density at radius 3 is 2.50 bits per heavy atom. The molecule has 0 atom stereocenters. The molecule has 3 rings (SSSR count). The second-order valence-electron chi connectivity index (χ2n) is 7.31. The fraction of sp³-hybridized carbons (Fsp3) is 0.667. The van der Waals surface area contributed by atoms with Gasteiger partial charge in [0.2, 0.25) is 0 Å². The van der Waals surface area contributed by atoms with Crippen LogP contribution in [0.3, 0.4) is 0 Å². The molecular weight excluding hydrogens is 246 g/mol. The summed E-state index contributed by atoms with van der Waals surface area (Å²) in [4.78, 5) is 2.53. The van der Waals surface area contributed by atoms with Crippen molar-refractivity contribution in [2.45, 2.75) is 58.2 Å². The maximum atomic E-state index is 6.35. The van der Waals surface area contributed by atoms with E-state index in [0.29, 0.717) is 0 Å². The summed E-state index contributed by atoms with van der Waals surface area (Å²) in [5.74, 6) is 0. The van der Waals surface area contributed by atoms with Gasteiger partial charge in [0.25, 0.3) is 0 Å². The molecule has 0 aromatic heterocycles. The van der Waals surface area contributed by atoms with Crippen LogP contribution in [0.4, 0.5) is 0 Å². The monoisotopic (exact) mass is 273 g/mol. The zero-order valence-corrected chi connectivity index (χ0v) is 13.3. The van der Waals surface area contributed by atoms with Crippen molar-refractivity contribution in [3.63, 3.8) is 0 Å². The van der Waals surface area contributed by atoms with E-state index < -0.39 is 0 Å². The first-order valence-electron chi connectivity index (χ1n) is 7.95. The van der Waals surface area contributed by atoms with Crippen molar-refractivity contribution in [1.29, 1.82) is 0 Å². The number of rotatable bonds is 1. The van der Waals surface area contributed by atoms with Gasteiger partial charge in [0.05, 0.1) is 12.2 Å². The van der Waals surface area contributed by atoms with Crippen LogP contribution in [-0.2, 0) is 22.4 Å². The van der Waals surface area contributed by atoms with Crippen molar-refractivity contribution in [3.05, 3.63) is 34.9 Å². The lowest BCUT2D eigenvalue weighted by Gasteiger charge is -2.41. The molecule has 0 aliphatic carbocycles. The number of benzene rings is 1. The summed E-state index contributed by atoms with van der Waals surface area (Å²) >= 11 is 0. The van der Waals surface area contributed by atoms with Gasteiger partial charge in [-0.15, -0.1) is 0 Å². The summed E-state index contributed by atoms with van der Waals surface area (Å²) < 4.78 is 6.35. The van der Waals surface area contributed by atoms with Crippen molar-refractivity contribution in [1.82, 2.24) is 4.90 Å². The van der Waals surface area contributed by atoms with Crippen LogP contribution in [0.15, 0.2) is 18.2 Å². The molecule has 0 amide bonds. The van der Waals surface area contributed by atoms with Gasteiger partial charge in [-0.2, -0.15) is 0 Å². The molecule has 1 spiro atoms. The van der Waals surface area contributed by atoms with E-state index >= 15 is 0 Å². The molecule has 2 nitrogen and oxygen atoms in total. The summed E-state index contributed by atoms with van der Waals surface area (Å²) in [5, 5.41) is 0. The molecule has 1 aromatic rings. The summed E-state index contributed by atoms with van der Waals surface area (Å²) in [5.41, 5.74) is 4.60. The Bertz CT molecular complexity index is 493. The largest absolute Gasteiger partial charge is 0.365 e. The third kappa shape index (κ3) is 2.19. The number of piperidine rings is 1. The minimum atomic E-state index is -0.00905. The van der Waals surface area contributed by atoms with Crippen LogP contribution in [0.25, 0.3) is 0 Å². The first-order valence-corrected chi connectivity index (χ1v) is 7.95. The average molecular weight is 273 g/mol. The Kier molecular flexibility index (Phi) is 3.42. The van der Waals surface area contributed by atoms with Crippen molar-refractivity contribution >= 4 is 0 Å². The van der Waals surface area contributed by atoms with Crippen LogP contribution in [0.5, 0.6) is 0 Å². The number of nitrogens with zero attached hydrogens (tertiary/aromatic N) is 1. The molecule has 0 radical (unpaired) electrons. The Balaban J connectivity index is 2.01. The third-order valence-electron chi connectivity index (χ3n) is 5.03. The minimum absolute atomic E-state index is 0.00905. The van der Waals surface area contributed by atoms with E-state index in [9.17, 15) is 0 Å². The fourth-order valence-electron chi connectivity index (χ4n) is 3.80. The Labute approximate surface area is 123 Å². The first-order chi connectivity index (χ1) is 9.46. The van der Waals surface area contributed by atoms with Gasteiger partial charge in [0, 0.05) is 13.1 Å². The highest BCUT2D eigenvalue weighted by molar-refractivity contribution is 5.45. The predicted octanol–water partition coefficient (Wildman–Crippen LogP) is 3.83. The highest BCUT2D eigenvalue weighted by Crippen LogP contribution is 2.48. The molecule has 1 fully saturated rings. The average Bonchev–Trinajstić information content (AvgIpc) is 2.78. The van der Waals surface area contributed by atoms with Crippen LogP contribution in [0, 0.1) is 0 Å². The van der Waals surface area contributed by atoms with Crippen molar-refractivity contribution < 1.29 is 4.74 Å². The van der Waals surface area contributed by atoms with E-state index in [1.807, 2.05) is 0 Å². The lowest BCUT2D eigenvalue weighted by molar-refractivity contribution is -0.0787. The summed E-state index contributed by atoms with van der Waals surface area (Å²) in [6.07, 6.45) is 2.28. The topological polar surface area (TPSA) is 12.5 Å². The summed E-state index contributed by atoms with van der Waals surface area (Å²) in [6.45, 7) is 13.5. The van der Waals surface area contributed by atoms with Crippen LogP contribution in [-0.4, -0.2) is 24.5 Å². The maximum absolute atomic E-state index is 6.35. The molecule has 1 aromatic carbocycles. The van der Waals surface area contributed by atoms with Crippen molar-refractivity contribution in [3.8, 4) is 0 Å². The van der Waals surface area contributed by atoms with E-state index in [0.717, 1.165) is 39.1 Å². The van der Waals surface area contributed by atoms with Crippen LogP contribution in [0.2, 0.25) is 0 Å². The van der Waals surface area contributed by atoms with Crippen LogP contribution >= 0.6 is 0 Å². The minimum Gasteiger partial charge on any atom is -0.365 e. The van der Waals surface area contributed by atoms with E-state index in [1.165, 1.54) is 16.7 Å². The Morgan fingerprint density at radius 2 is 1.90 bits per heavy atom. The molecule has 0 bridgehead atoms. The molecule has 2 heterocycles. The lowest BCUT2D eigenvalue weighted by atomic mass is 9.74.